The fraction of sp³-hybridized carbons (Fsp3) is 0.320. The zero-order valence-electron chi connectivity index (χ0n) is 19.5. The molecule has 0 aliphatic carbocycles. The second-order valence-electron chi connectivity index (χ2n) is 7.54. The molecule has 1 fully saturated rings. The average Bonchev–Trinajstić information content (AvgIpc) is 3.08. The molecule has 180 valence electrons. The number of rotatable bonds is 9. The lowest BCUT2D eigenvalue weighted by molar-refractivity contribution is -0.140. The molecule has 1 aliphatic heterocycles. The molecule has 1 heterocycles. The smallest absolute Gasteiger partial charge is 0.308 e. The lowest BCUT2D eigenvalue weighted by atomic mass is 9.94. The van der Waals surface area contributed by atoms with Crippen LogP contribution in [0.2, 0.25) is 0 Å². The maximum atomic E-state index is 13.2. The molecule has 1 N–H and O–H groups in total. The molecule has 2 aromatic carbocycles. The Morgan fingerprint density at radius 3 is 2.26 bits per heavy atom. The van der Waals surface area contributed by atoms with Gasteiger partial charge in [-0.05, 0) is 36.2 Å². The van der Waals surface area contributed by atoms with Crippen LogP contribution in [0.5, 0.6) is 17.2 Å². The fourth-order valence-electron chi connectivity index (χ4n) is 3.97. The van der Waals surface area contributed by atoms with Crippen LogP contribution in [-0.4, -0.2) is 62.1 Å². The number of hydrogen-bond donors (Lipinski definition) is 1. The van der Waals surface area contributed by atoms with E-state index in [-0.39, 0.29) is 34.9 Å². The number of methoxy groups -OCH3 is 3. The Bertz CT molecular complexity index is 1100. The summed E-state index contributed by atoms with van der Waals surface area (Å²) in [7, 11) is 4.39. The highest BCUT2D eigenvalue weighted by molar-refractivity contribution is 6.46. The van der Waals surface area contributed by atoms with Crippen molar-refractivity contribution in [1.29, 1.82) is 0 Å². The topological polar surface area (TPSA) is 112 Å². The maximum Gasteiger partial charge on any atom is 0.308 e. The number of esters is 1. The first-order chi connectivity index (χ1) is 16.3. The Hall–Kier alpha value is -3.85. The Balaban J connectivity index is 2.23. The van der Waals surface area contributed by atoms with Crippen LogP contribution in [0.1, 0.15) is 30.5 Å². The van der Waals surface area contributed by atoms with Crippen molar-refractivity contribution in [3.8, 4) is 17.2 Å². The summed E-state index contributed by atoms with van der Waals surface area (Å²) in [5.74, 6) is -1.73. The number of benzene rings is 2. The number of Topliss-reactive ketones (excluding diaryl/α,β-unsaturated/α-hetero) is 1. The number of carbonyl (C=O) groups excluding carboxylic acids is 3. The molecule has 34 heavy (non-hydrogen) atoms. The van der Waals surface area contributed by atoms with Crippen molar-refractivity contribution in [1.82, 2.24) is 4.90 Å². The summed E-state index contributed by atoms with van der Waals surface area (Å²) in [6.07, 6.45) is 0.474. The van der Waals surface area contributed by atoms with Gasteiger partial charge in [0.15, 0.2) is 0 Å². The molecular formula is C25H27NO8. The van der Waals surface area contributed by atoms with E-state index in [2.05, 4.69) is 0 Å². The van der Waals surface area contributed by atoms with E-state index >= 15 is 0 Å². The van der Waals surface area contributed by atoms with Gasteiger partial charge in [-0.2, -0.15) is 0 Å². The average molecular weight is 469 g/mol. The van der Waals surface area contributed by atoms with Crippen LogP contribution in [0.3, 0.4) is 0 Å². The van der Waals surface area contributed by atoms with Gasteiger partial charge in [0, 0.05) is 27.2 Å². The first-order valence-corrected chi connectivity index (χ1v) is 10.6. The summed E-state index contributed by atoms with van der Waals surface area (Å²) in [6.45, 7) is 1.86. The second-order valence-corrected chi connectivity index (χ2v) is 7.54. The summed E-state index contributed by atoms with van der Waals surface area (Å²) in [4.78, 5) is 39.1. The van der Waals surface area contributed by atoms with Crippen molar-refractivity contribution < 1.29 is 38.4 Å². The van der Waals surface area contributed by atoms with E-state index in [4.69, 9.17) is 18.9 Å². The third kappa shape index (κ3) is 4.89. The molecule has 0 saturated carbocycles. The second kappa shape index (κ2) is 10.8. The van der Waals surface area contributed by atoms with E-state index < -0.39 is 29.5 Å². The lowest BCUT2D eigenvalue weighted by Crippen LogP contribution is -2.31. The van der Waals surface area contributed by atoms with E-state index in [1.807, 2.05) is 0 Å². The summed E-state index contributed by atoms with van der Waals surface area (Å²) in [5, 5.41) is 11.4. The Morgan fingerprint density at radius 2 is 1.68 bits per heavy atom. The molecule has 1 atom stereocenters. The molecule has 1 unspecified atom stereocenters. The minimum Gasteiger partial charge on any atom is -0.506 e. The number of amides is 1. The number of aliphatic hydroxyl groups is 1. The van der Waals surface area contributed by atoms with Crippen molar-refractivity contribution in [3.05, 3.63) is 59.2 Å². The molecule has 9 heteroatoms. The van der Waals surface area contributed by atoms with Crippen molar-refractivity contribution >= 4 is 23.4 Å². The van der Waals surface area contributed by atoms with Crippen LogP contribution >= 0.6 is 0 Å². The first kappa shape index (κ1) is 24.8. The van der Waals surface area contributed by atoms with Crippen LogP contribution in [0, 0.1) is 0 Å². The van der Waals surface area contributed by atoms with E-state index in [0.29, 0.717) is 18.6 Å². The number of nitrogens with zero attached hydrogens (tertiary/aromatic N) is 1. The van der Waals surface area contributed by atoms with Gasteiger partial charge in [0.2, 0.25) is 0 Å². The lowest BCUT2D eigenvalue weighted by Gasteiger charge is -2.26. The number of likely N-dealkylation sites (tertiary alicyclic amines) is 1. The third-order valence-corrected chi connectivity index (χ3v) is 5.39. The molecule has 9 nitrogen and oxygen atoms in total. The fourth-order valence-corrected chi connectivity index (χ4v) is 3.97. The van der Waals surface area contributed by atoms with Gasteiger partial charge in [-0.15, -0.1) is 0 Å². The molecule has 1 amide bonds. The molecule has 2 aromatic rings. The monoisotopic (exact) mass is 469 g/mol. The molecule has 0 radical (unpaired) electrons. The zero-order chi connectivity index (χ0) is 24.8. The number of carbonyl (C=O) groups is 3. The van der Waals surface area contributed by atoms with Crippen molar-refractivity contribution in [2.45, 2.75) is 19.4 Å². The van der Waals surface area contributed by atoms with E-state index in [9.17, 15) is 19.5 Å². The SMILES string of the molecule is COCCCN1C(=O)C(=O)/C(=C(/O)c2c(OC)cccc2OC)C1c1cccc(OC(C)=O)c1. The molecule has 0 bridgehead atoms. The molecule has 0 spiro atoms. The van der Waals surface area contributed by atoms with Gasteiger partial charge in [0.1, 0.15) is 28.6 Å². The van der Waals surface area contributed by atoms with Gasteiger partial charge in [0.05, 0.1) is 25.8 Å². The van der Waals surface area contributed by atoms with Crippen LogP contribution in [0.15, 0.2) is 48.0 Å². The van der Waals surface area contributed by atoms with Crippen molar-refractivity contribution in [3.63, 3.8) is 0 Å². The van der Waals surface area contributed by atoms with Crippen LogP contribution in [0.25, 0.3) is 5.76 Å². The molecule has 1 aliphatic rings. The summed E-state index contributed by atoms with van der Waals surface area (Å²) in [5.41, 5.74) is 0.527. The van der Waals surface area contributed by atoms with Crippen LogP contribution in [0.4, 0.5) is 0 Å². The number of ether oxygens (including phenoxy) is 4. The van der Waals surface area contributed by atoms with Gasteiger partial charge >= 0.3 is 5.97 Å². The van der Waals surface area contributed by atoms with Gasteiger partial charge in [-0.1, -0.05) is 18.2 Å². The Kier molecular flexibility index (Phi) is 7.91. The van der Waals surface area contributed by atoms with Crippen molar-refractivity contribution in [2.24, 2.45) is 0 Å². The molecule has 1 saturated heterocycles. The summed E-state index contributed by atoms with van der Waals surface area (Å²) >= 11 is 0. The Morgan fingerprint density at radius 1 is 1.03 bits per heavy atom. The maximum absolute atomic E-state index is 13.2. The van der Waals surface area contributed by atoms with E-state index in [0.717, 1.165) is 0 Å². The van der Waals surface area contributed by atoms with Crippen molar-refractivity contribution in [2.75, 3.05) is 34.5 Å². The standard InChI is InChI=1S/C25H27NO8/c1-15(27)34-17-9-5-8-16(14-17)22-21(24(29)25(30)26(22)12-7-13-31-2)23(28)20-18(32-3)10-6-11-19(20)33-4/h5-6,8-11,14,22,28H,7,12-13H2,1-4H3/b23-21+. The number of hydrogen-bond acceptors (Lipinski definition) is 8. The summed E-state index contributed by atoms with van der Waals surface area (Å²) < 4.78 is 21.1. The molecule has 0 aromatic heterocycles. The highest BCUT2D eigenvalue weighted by Crippen LogP contribution is 2.43. The largest absolute Gasteiger partial charge is 0.506 e. The third-order valence-electron chi connectivity index (χ3n) is 5.39. The van der Waals surface area contributed by atoms with Gasteiger partial charge < -0.3 is 29.0 Å². The normalized spacial score (nSPS) is 17.1. The summed E-state index contributed by atoms with van der Waals surface area (Å²) in [6, 6.07) is 10.5. The minimum atomic E-state index is -0.929. The highest BCUT2D eigenvalue weighted by Gasteiger charge is 2.46. The number of aliphatic hydroxyl groups excluding tert-OH is 1. The molecular weight excluding hydrogens is 442 g/mol. The number of ketones is 1. The van der Waals surface area contributed by atoms with Gasteiger partial charge in [-0.3, -0.25) is 14.4 Å². The highest BCUT2D eigenvalue weighted by atomic mass is 16.5. The molecule has 3 rings (SSSR count). The first-order valence-electron chi connectivity index (χ1n) is 10.6. The van der Waals surface area contributed by atoms with Crippen LogP contribution in [-0.2, 0) is 19.1 Å². The quantitative estimate of drug-likeness (QED) is 0.149. The van der Waals surface area contributed by atoms with Gasteiger partial charge in [0.25, 0.3) is 11.7 Å². The van der Waals surface area contributed by atoms with E-state index in [1.54, 1.807) is 49.6 Å². The minimum absolute atomic E-state index is 0.120. The predicted octanol–water partition coefficient (Wildman–Crippen LogP) is 3.09. The Labute approximate surface area is 197 Å². The van der Waals surface area contributed by atoms with Crippen LogP contribution < -0.4 is 14.2 Å². The predicted molar refractivity (Wildman–Crippen MR) is 123 cm³/mol. The van der Waals surface area contributed by atoms with Gasteiger partial charge in [-0.25, -0.2) is 0 Å². The van der Waals surface area contributed by atoms with E-state index in [1.165, 1.54) is 26.0 Å². The zero-order valence-corrected chi connectivity index (χ0v) is 19.5.